The molecule has 1 aliphatic rings. The number of alkyl halides is 1. The standard InChI is InChI=1S/C13H19ClN4/c1-3-17-13-12(9(2)16-17)15-11(8-14)18(13)10-6-4-5-7-10/h10H,3-8H2,1-2H3. The van der Waals surface area contributed by atoms with Crippen LogP contribution in [0.15, 0.2) is 0 Å². The minimum absolute atomic E-state index is 0.480. The maximum atomic E-state index is 6.07. The van der Waals surface area contributed by atoms with Crippen molar-refractivity contribution in [3.8, 4) is 0 Å². The molecule has 0 bridgehead atoms. The SMILES string of the molecule is CCn1nc(C)c2nc(CCl)n(C3CCCC3)c21. The second-order valence-electron chi connectivity index (χ2n) is 5.04. The van der Waals surface area contributed by atoms with Gasteiger partial charge in [0.15, 0.2) is 5.65 Å². The summed E-state index contributed by atoms with van der Waals surface area (Å²) in [7, 11) is 0. The summed E-state index contributed by atoms with van der Waals surface area (Å²) in [5, 5.41) is 4.57. The van der Waals surface area contributed by atoms with Gasteiger partial charge < -0.3 is 4.57 Å². The zero-order valence-corrected chi connectivity index (χ0v) is 11.7. The predicted octanol–water partition coefficient (Wildman–Crippen LogP) is 3.42. The third-order valence-corrected chi connectivity index (χ3v) is 4.16. The van der Waals surface area contributed by atoms with Crippen molar-refractivity contribution in [3.05, 3.63) is 11.5 Å². The fourth-order valence-electron chi connectivity index (χ4n) is 3.10. The molecule has 0 spiro atoms. The van der Waals surface area contributed by atoms with Crippen LogP contribution in [-0.2, 0) is 12.4 Å². The van der Waals surface area contributed by atoms with Crippen LogP contribution in [0.4, 0.5) is 0 Å². The number of hydrogen-bond donors (Lipinski definition) is 0. The molecule has 1 saturated carbocycles. The highest BCUT2D eigenvalue weighted by Crippen LogP contribution is 2.34. The van der Waals surface area contributed by atoms with Crippen molar-refractivity contribution in [2.24, 2.45) is 0 Å². The molecule has 5 heteroatoms. The van der Waals surface area contributed by atoms with E-state index in [1.54, 1.807) is 0 Å². The summed E-state index contributed by atoms with van der Waals surface area (Å²) in [4.78, 5) is 4.69. The van der Waals surface area contributed by atoms with Gasteiger partial charge in [0, 0.05) is 12.6 Å². The lowest BCUT2D eigenvalue weighted by atomic mass is 10.2. The Balaban J connectivity index is 2.24. The second-order valence-corrected chi connectivity index (χ2v) is 5.31. The first-order valence-corrected chi connectivity index (χ1v) is 7.30. The summed E-state index contributed by atoms with van der Waals surface area (Å²) in [6.45, 7) is 5.03. The molecule has 2 aromatic rings. The Labute approximate surface area is 112 Å². The Hall–Kier alpha value is -1.03. The van der Waals surface area contributed by atoms with Crippen molar-refractivity contribution in [1.82, 2.24) is 19.3 Å². The minimum atomic E-state index is 0.480. The number of halogens is 1. The van der Waals surface area contributed by atoms with Crippen LogP contribution in [0.1, 0.15) is 50.2 Å². The summed E-state index contributed by atoms with van der Waals surface area (Å²) < 4.78 is 4.41. The normalized spacial score (nSPS) is 17.1. The van der Waals surface area contributed by atoms with E-state index < -0.39 is 0 Å². The number of aromatic nitrogens is 4. The topological polar surface area (TPSA) is 35.6 Å². The van der Waals surface area contributed by atoms with Crippen molar-refractivity contribution < 1.29 is 0 Å². The van der Waals surface area contributed by atoms with Crippen LogP contribution >= 0.6 is 11.6 Å². The highest BCUT2D eigenvalue weighted by molar-refractivity contribution is 6.16. The van der Waals surface area contributed by atoms with Crippen molar-refractivity contribution >= 4 is 22.8 Å². The van der Waals surface area contributed by atoms with Crippen molar-refractivity contribution in [1.29, 1.82) is 0 Å². The van der Waals surface area contributed by atoms with Gasteiger partial charge in [-0.15, -0.1) is 11.6 Å². The summed E-state index contributed by atoms with van der Waals surface area (Å²) in [6, 6.07) is 0.560. The number of imidazole rings is 1. The molecule has 0 aromatic carbocycles. The van der Waals surface area contributed by atoms with Crippen LogP contribution in [0, 0.1) is 6.92 Å². The second kappa shape index (κ2) is 4.57. The molecule has 0 N–H and O–H groups in total. The molecule has 98 valence electrons. The molecule has 18 heavy (non-hydrogen) atoms. The molecule has 3 rings (SSSR count). The maximum Gasteiger partial charge on any atom is 0.159 e. The van der Waals surface area contributed by atoms with Crippen LogP contribution < -0.4 is 0 Å². The zero-order chi connectivity index (χ0) is 12.7. The average molecular weight is 267 g/mol. The first kappa shape index (κ1) is 12.0. The Morgan fingerprint density at radius 1 is 1.33 bits per heavy atom. The van der Waals surface area contributed by atoms with Crippen LogP contribution in [0.2, 0.25) is 0 Å². The Kier molecular flexibility index (Phi) is 3.06. The predicted molar refractivity (Wildman–Crippen MR) is 73.0 cm³/mol. The molecule has 0 atom stereocenters. The number of nitrogens with zero attached hydrogens (tertiary/aromatic N) is 4. The summed E-state index contributed by atoms with van der Waals surface area (Å²) in [5.74, 6) is 1.48. The maximum absolute atomic E-state index is 6.07. The summed E-state index contributed by atoms with van der Waals surface area (Å²) in [6.07, 6.45) is 5.10. The molecule has 2 heterocycles. The Morgan fingerprint density at radius 3 is 2.67 bits per heavy atom. The molecule has 0 aliphatic heterocycles. The Morgan fingerprint density at radius 2 is 2.06 bits per heavy atom. The van der Waals surface area contributed by atoms with Crippen LogP contribution in [-0.4, -0.2) is 19.3 Å². The van der Waals surface area contributed by atoms with E-state index in [1.807, 2.05) is 6.92 Å². The van der Waals surface area contributed by atoms with Crippen LogP contribution in [0.25, 0.3) is 11.2 Å². The van der Waals surface area contributed by atoms with E-state index in [1.165, 1.54) is 25.7 Å². The van der Waals surface area contributed by atoms with Gasteiger partial charge in [0.05, 0.1) is 11.6 Å². The lowest BCUT2D eigenvalue weighted by molar-refractivity contribution is 0.501. The molecule has 2 aromatic heterocycles. The molecule has 1 fully saturated rings. The zero-order valence-electron chi connectivity index (χ0n) is 11.0. The molecule has 1 aliphatic carbocycles. The van der Waals surface area contributed by atoms with Crippen molar-refractivity contribution in [2.45, 2.75) is 58.0 Å². The highest BCUT2D eigenvalue weighted by atomic mass is 35.5. The lowest BCUT2D eigenvalue weighted by Gasteiger charge is -2.15. The quantitative estimate of drug-likeness (QED) is 0.798. The van der Waals surface area contributed by atoms with Crippen molar-refractivity contribution in [2.75, 3.05) is 0 Å². The largest absolute Gasteiger partial charge is 0.309 e. The van der Waals surface area contributed by atoms with E-state index in [4.69, 9.17) is 16.6 Å². The number of fused-ring (bicyclic) bond motifs is 1. The van der Waals surface area contributed by atoms with Crippen LogP contribution in [0.3, 0.4) is 0 Å². The van der Waals surface area contributed by atoms with Gasteiger partial charge >= 0.3 is 0 Å². The van der Waals surface area contributed by atoms with E-state index in [9.17, 15) is 0 Å². The fraction of sp³-hybridized carbons (Fsp3) is 0.692. The van der Waals surface area contributed by atoms with Gasteiger partial charge in [-0.2, -0.15) is 5.10 Å². The van der Waals surface area contributed by atoms with Gasteiger partial charge in [0.2, 0.25) is 0 Å². The third kappa shape index (κ3) is 1.66. The highest BCUT2D eigenvalue weighted by Gasteiger charge is 2.25. The molecule has 0 unspecified atom stereocenters. The van der Waals surface area contributed by atoms with Crippen LogP contribution in [0.5, 0.6) is 0 Å². The first-order valence-electron chi connectivity index (χ1n) is 6.76. The summed E-state index contributed by atoms with van der Waals surface area (Å²) >= 11 is 6.07. The van der Waals surface area contributed by atoms with Gasteiger partial charge in [0.25, 0.3) is 0 Å². The van der Waals surface area contributed by atoms with Gasteiger partial charge in [-0.3, -0.25) is 0 Å². The summed E-state index contributed by atoms with van der Waals surface area (Å²) in [5.41, 5.74) is 3.20. The number of hydrogen-bond acceptors (Lipinski definition) is 2. The van der Waals surface area contributed by atoms with Gasteiger partial charge in [0.1, 0.15) is 11.3 Å². The Bertz CT molecular complexity index is 563. The van der Waals surface area contributed by atoms with Gasteiger partial charge in [-0.25, -0.2) is 9.67 Å². The van der Waals surface area contributed by atoms with E-state index in [2.05, 4.69) is 21.3 Å². The molecule has 4 nitrogen and oxygen atoms in total. The molecular weight excluding hydrogens is 248 g/mol. The lowest BCUT2D eigenvalue weighted by Crippen LogP contribution is -2.12. The van der Waals surface area contributed by atoms with E-state index >= 15 is 0 Å². The average Bonchev–Trinajstić information content (AvgIpc) is 3.05. The van der Waals surface area contributed by atoms with Gasteiger partial charge in [-0.05, 0) is 26.7 Å². The number of aryl methyl sites for hydroxylation is 2. The molecular formula is C13H19ClN4. The fourth-order valence-corrected chi connectivity index (χ4v) is 3.28. The third-order valence-electron chi connectivity index (χ3n) is 3.93. The minimum Gasteiger partial charge on any atom is -0.309 e. The first-order chi connectivity index (χ1) is 8.76. The number of rotatable bonds is 3. The molecule has 0 amide bonds. The van der Waals surface area contributed by atoms with E-state index in [0.717, 1.165) is 29.2 Å². The van der Waals surface area contributed by atoms with Gasteiger partial charge in [-0.1, -0.05) is 12.8 Å². The smallest absolute Gasteiger partial charge is 0.159 e. The molecule has 0 saturated heterocycles. The monoisotopic (exact) mass is 266 g/mol. The van der Waals surface area contributed by atoms with E-state index in [-0.39, 0.29) is 0 Å². The molecule has 0 radical (unpaired) electrons. The van der Waals surface area contributed by atoms with E-state index in [0.29, 0.717) is 11.9 Å². The van der Waals surface area contributed by atoms with Crippen molar-refractivity contribution in [3.63, 3.8) is 0 Å².